The Morgan fingerprint density at radius 3 is 2.29 bits per heavy atom. The largest absolute Gasteiger partial charge is 0.370 e. The summed E-state index contributed by atoms with van der Waals surface area (Å²) in [6.45, 7) is 11.5. The predicted molar refractivity (Wildman–Crippen MR) is 73.7 cm³/mol. The molecule has 0 amide bonds. The van der Waals surface area contributed by atoms with Crippen molar-refractivity contribution in [3.8, 4) is 0 Å². The summed E-state index contributed by atoms with van der Waals surface area (Å²) in [6.07, 6.45) is 1.95. The number of aromatic nitrogens is 2. The van der Waals surface area contributed by atoms with Crippen molar-refractivity contribution in [2.45, 2.75) is 53.5 Å². The first-order chi connectivity index (χ1) is 8.08. The van der Waals surface area contributed by atoms with Crippen molar-refractivity contribution in [1.82, 2.24) is 9.97 Å². The highest BCUT2D eigenvalue weighted by atomic mass is 15.1. The molecule has 1 heterocycles. The van der Waals surface area contributed by atoms with Gasteiger partial charge in [0, 0.05) is 24.6 Å². The minimum absolute atomic E-state index is 0.382. The van der Waals surface area contributed by atoms with Crippen molar-refractivity contribution in [1.29, 1.82) is 0 Å². The summed E-state index contributed by atoms with van der Waals surface area (Å²) in [4.78, 5) is 9.07. The summed E-state index contributed by atoms with van der Waals surface area (Å²) in [7, 11) is 0. The summed E-state index contributed by atoms with van der Waals surface area (Å²) in [5, 5.41) is 6.73. The average Bonchev–Trinajstić information content (AvgIpc) is 2.29. The van der Waals surface area contributed by atoms with Gasteiger partial charge in [-0.15, -0.1) is 0 Å². The fourth-order valence-electron chi connectivity index (χ4n) is 1.55. The molecule has 1 aromatic rings. The molecule has 0 fully saturated rings. The van der Waals surface area contributed by atoms with Gasteiger partial charge in [-0.1, -0.05) is 13.8 Å². The first-order valence-electron chi connectivity index (χ1n) is 6.46. The van der Waals surface area contributed by atoms with Crippen LogP contribution in [-0.2, 0) is 6.42 Å². The van der Waals surface area contributed by atoms with Crippen molar-refractivity contribution < 1.29 is 0 Å². The van der Waals surface area contributed by atoms with Crippen LogP contribution in [0.4, 0.5) is 11.6 Å². The molecule has 1 aromatic heterocycles. The number of anilines is 2. The van der Waals surface area contributed by atoms with E-state index in [0.717, 1.165) is 42.4 Å². The molecule has 0 saturated carbocycles. The molecule has 1 rings (SSSR count). The van der Waals surface area contributed by atoms with Gasteiger partial charge in [-0.3, -0.25) is 0 Å². The number of rotatable bonds is 6. The van der Waals surface area contributed by atoms with Crippen molar-refractivity contribution in [2.24, 2.45) is 0 Å². The van der Waals surface area contributed by atoms with Crippen molar-refractivity contribution in [2.75, 3.05) is 17.2 Å². The Balaban J connectivity index is 3.02. The van der Waals surface area contributed by atoms with Crippen molar-refractivity contribution in [3.63, 3.8) is 0 Å². The van der Waals surface area contributed by atoms with Crippen LogP contribution in [0.2, 0.25) is 0 Å². The molecule has 17 heavy (non-hydrogen) atoms. The van der Waals surface area contributed by atoms with Gasteiger partial charge in [0.2, 0.25) is 0 Å². The molecule has 2 N–H and O–H groups in total. The molecule has 0 aliphatic heterocycles. The summed E-state index contributed by atoms with van der Waals surface area (Å²) < 4.78 is 0. The third kappa shape index (κ3) is 3.88. The van der Waals surface area contributed by atoms with Crippen LogP contribution >= 0.6 is 0 Å². The highest BCUT2D eigenvalue weighted by Gasteiger charge is 2.10. The highest BCUT2D eigenvalue weighted by Crippen LogP contribution is 2.20. The number of nitrogens with zero attached hydrogens (tertiary/aromatic N) is 2. The van der Waals surface area contributed by atoms with Gasteiger partial charge in [0.15, 0.2) is 0 Å². The number of nitrogens with one attached hydrogen (secondary N) is 2. The summed E-state index contributed by atoms with van der Waals surface area (Å²) in [5.41, 5.74) is 1.10. The first-order valence-corrected chi connectivity index (χ1v) is 6.46. The van der Waals surface area contributed by atoms with E-state index in [1.165, 1.54) is 0 Å². The quantitative estimate of drug-likeness (QED) is 0.797. The number of aryl methyl sites for hydroxylation is 1. The summed E-state index contributed by atoms with van der Waals surface area (Å²) in [5.74, 6) is 2.80. The lowest BCUT2D eigenvalue weighted by molar-refractivity contribution is 0.858. The molecule has 96 valence electrons. The van der Waals surface area contributed by atoms with E-state index in [4.69, 9.17) is 0 Å². The van der Waals surface area contributed by atoms with Gasteiger partial charge in [0.05, 0.1) is 0 Å². The maximum atomic E-state index is 4.54. The summed E-state index contributed by atoms with van der Waals surface area (Å²) >= 11 is 0. The van der Waals surface area contributed by atoms with Gasteiger partial charge in [-0.05, 0) is 27.2 Å². The number of hydrogen-bond acceptors (Lipinski definition) is 4. The lowest BCUT2D eigenvalue weighted by Gasteiger charge is -2.16. The minimum atomic E-state index is 0.382. The Bertz CT molecular complexity index is 361. The summed E-state index contributed by atoms with van der Waals surface area (Å²) in [6, 6.07) is 0.382. The van der Waals surface area contributed by atoms with Crippen LogP contribution in [0.15, 0.2) is 0 Å². The van der Waals surface area contributed by atoms with Crippen molar-refractivity contribution >= 4 is 11.6 Å². The van der Waals surface area contributed by atoms with Gasteiger partial charge in [0.25, 0.3) is 0 Å². The zero-order valence-electron chi connectivity index (χ0n) is 11.6. The lowest BCUT2D eigenvalue weighted by atomic mass is 10.2. The zero-order chi connectivity index (χ0) is 12.8. The first kappa shape index (κ1) is 13.7. The smallest absolute Gasteiger partial charge is 0.134 e. The van der Waals surface area contributed by atoms with E-state index in [-0.39, 0.29) is 0 Å². The van der Waals surface area contributed by atoms with Gasteiger partial charge in [0.1, 0.15) is 17.5 Å². The van der Waals surface area contributed by atoms with E-state index in [1.807, 2.05) is 0 Å². The van der Waals surface area contributed by atoms with Crippen LogP contribution in [0.1, 0.15) is 45.5 Å². The standard InChI is InChI=1S/C13H24N4/c1-6-8-14-12-10(5)13(15-9(3)4)17-11(7-2)16-12/h9H,6-8H2,1-5H3,(H2,14,15,16,17). The Kier molecular flexibility index (Phi) is 5.19. The topological polar surface area (TPSA) is 49.8 Å². The van der Waals surface area contributed by atoms with Crippen molar-refractivity contribution in [3.05, 3.63) is 11.4 Å². The molecule has 0 saturated heterocycles. The predicted octanol–water partition coefficient (Wildman–Crippen LogP) is 2.99. The van der Waals surface area contributed by atoms with Crippen LogP contribution in [0.3, 0.4) is 0 Å². The van der Waals surface area contributed by atoms with Crippen LogP contribution in [-0.4, -0.2) is 22.6 Å². The Morgan fingerprint density at radius 1 is 1.12 bits per heavy atom. The third-order valence-electron chi connectivity index (χ3n) is 2.48. The third-order valence-corrected chi connectivity index (χ3v) is 2.48. The van der Waals surface area contributed by atoms with E-state index >= 15 is 0 Å². The normalized spacial score (nSPS) is 10.7. The van der Waals surface area contributed by atoms with E-state index in [0.29, 0.717) is 6.04 Å². The van der Waals surface area contributed by atoms with Crippen LogP contribution < -0.4 is 10.6 Å². The van der Waals surface area contributed by atoms with Gasteiger partial charge >= 0.3 is 0 Å². The molecule has 0 aliphatic carbocycles. The van der Waals surface area contributed by atoms with E-state index in [2.05, 4.69) is 55.2 Å². The molecule has 0 bridgehead atoms. The van der Waals surface area contributed by atoms with Crippen LogP contribution in [0, 0.1) is 6.92 Å². The second kappa shape index (κ2) is 6.42. The van der Waals surface area contributed by atoms with E-state index in [1.54, 1.807) is 0 Å². The minimum Gasteiger partial charge on any atom is -0.370 e. The fourth-order valence-corrected chi connectivity index (χ4v) is 1.55. The second-order valence-electron chi connectivity index (χ2n) is 4.54. The molecule has 4 nitrogen and oxygen atoms in total. The average molecular weight is 236 g/mol. The SMILES string of the molecule is CCCNc1nc(CC)nc(NC(C)C)c1C. The highest BCUT2D eigenvalue weighted by molar-refractivity contribution is 5.57. The molecule has 0 unspecified atom stereocenters. The lowest BCUT2D eigenvalue weighted by Crippen LogP contribution is -2.16. The zero-order valence-corrected chi connectivity index (χ0v) is 11.6. The second-order valence-corrected chi connectivity index (χ2v) is 4.54. The fraction of sp³-hybridized carbons (Fsp3) is 0.692. The molecule has 0 atom stereocenters. The van der Waals surface area contributed by atoms with Gasteiger partial charge < -0.3 is 10.6 Å². The Morgan fingerprint density at radius 2 is 1.76 bits per heavy atom. The van der Waals surface area contributed by atoms with Crippen LogP contribution in [0.5, 0.6) is 0 Å². The molecular formula is C13H24N4. The molecule has 0 aliphatic rings. The van der Waals surface area contributed by atoms with Gasteiger partial charge in [-0.2, -0.15) is 0 Å². The van der Waals surface area contributed by atoms with Crippen LogP contribution in [0.25, 0.3) is 0 Å². The molecular weight excluding hydrogens is 212 g/mol. The molecule has 4 heteroatoms. The Labute approximate surface area is 104 Å². The van der Waals surface area contributed by atoms with Gasteiger partial charge in [-0.25, -0.2) is 9.97 Å². The maximum absolute atomic E-state index is 4.54. The Hall–Kier alpha value is -1.32. The number of hydrogen-bond donors (Lipinski definition) is 2. The van der Waals surface area contributed by atoms with E-state index < -0.39 is 0 Å². The molecule has 0 radical (unpaired) electrons. The molecule has 0 spiro atoms. The monoisotopic (exact) mass is 236 g/mol. The maximum Gasteiger partial charge on any atom is 0.134 e. The molecule has 0 aromatic carbocycles. The van der Waals surface area contributed by atoms with E-state index in [9.17, 15) is 0 Å².